The Morgan fingerprint density at radius 1 is 1.05 bits per heavy atom. The lowest BCUT2D eigenvalue weighted by Crippen LogP contribution is -2.01. The average molecular weight is 279 g/mol. The monoisotopic (exact) mass is 279 g/mol. The predicted octanol–water partition coefficient (Wildman–Crippen LogP) is 3.93. The highest BCUT2D eigenvalue weighted by atomic mass is 16.5. The van der Waals surface area contributed by atoms with Crippen LogP contribution in [0.5, 0.6) is 5.75 Å². The lowest BCUT2D eigenvalue weighted by atomic mass is 10.3. The van der Waals surface area contributed by atoms with Gasteiger partial charge in [-0.3, -0.25) is 4.57 Å². The molecule has 0 amide bonds. The van der Waals surface area contributed by atoms with Gasteiger partial charge in [-0.05, 0) is 31.2 Å². The first-order valence-electron chi connectivity index (χ1n) is 6.79. The van der Waals surface area contributed by atoms with Gasteiger partial charge >= 0.3 is 0 Å². The molecule has 3 rings (SSSR count). The van der Waals surface area contributed by atoms with E-state index in [1.54, 1.807) is 7.11 Å². The maximum absolute atomic E-state index is 5.29. The highest BCUT2D eigenvalue weighted by molar-refractivity contribution is 5.56. The molecule has 0 fully saturated rings. The van der Waals surface area contributed by atoms with Crippen LogP contribution in [0.4, 0.5) is 11.6 Å². The zero-order chi connectivity index (χ0) is 14.7. The average Bonchev–Trinajstić information content (AvgIpc) is 2.89. The molecule has 0 spiro atoms. The fraction of sp³-hybridized carbons (Fsp3) is 0.118. The molecule has 21 heavy (non-hydrogen) atoms. The number of rotatable bonds is 4. The van der Waals surface area contributed by atoms with E-state index in [0.29, 0.717) is 0 Å². The molecule has 0 aliphatic rings. The number of methoxy groups -OCH3 is 1. The van der Waals surface area contributed by atoms with Gasteiger partial charge in [0.25, 0.3) is 0 Å². The van der Waals surface area contributed by atoms with Crippen LogP contribution in [0.3, 0.4) is 0 Å². The molecular weight excluding hydrogens is 262 g/mol. The fourth-order valence-electron chi connectivity index (χ4n) is 2.19. The Balaban J connectivity index is 1.99. The number of nitrogens with zero attached hydrogens (tertiary/aromatic N) is 2. The van der Waals surface area contributed by atoms with E-state index in [1.807, 2.05) is 72.3 Å². The summed E-state index contributed by atoms with van der Waals surface area (Å²) < 4.78 is 7.31. The van der Waals surface area contributed by atoms with E-state index in [1.165, 1.54) is 0 Å². The van der Waals surface area contributed by atoms with Crippen LogP contribution < -0.4 is 10.1 Å². The summed E-state index contributed by atoms with van der Waals surface area (Å²) in [6.45, 7) is 1.98. The fourth-order valence-corrected chi connectivity index (χ4v) is 2.19. The second-order valence-corrected chi connectivity index (χ2v) is 4.77. The Hall–Kier alpha value is -2.75. The summed E-state index contributed by atoms with van der Waals surface area (Å²) in [5, 5.41) is 3.34. The zero-order valence-corrected chi connectivity index (χ0v) is 12.1. The minimum atomic E-state index is 0.784. The maximum atomic E-state index is 5.29. The Labute approximate surface area is 124 Å². The van der Waals surface area contributed by atoms with Crippen molar-refractivity contribution in [1.29, 1.82) is 0 Å². The van der Waals surface area contributed by atoms with Crippen molar-refractivity contribution in [2.24, 2.45) is 0 Å². The van der Waals surface area contributed by atoms with Gasteiger partial charge in [0.05, 0.1) is 18.5 Å². The Kier molecular flexibility index (Phi) is 3.60. The molecule has 0 saturated heterocycles. The molecule has 0 unspecified atom stereocenters. The molecule has 3 aromatic rings. The lowest BCUT2D eigenvalue weighted by molar-refractivity contribution is 0.414. The summed E-state index contributed by atoms with van der Waals surface area (Å²) in [6, 6.07) is 17.9. The molecule has 0 bridgehead atoms. The number of aromatic nitrogens is 2. The van der Waals surface area contributed by atoms with Gasteiger partial charge in [-0.2, -0.15) is 0 Å². The van der Waals surface area contributed by atoms with Crippen molar-refractivity contribution >= 4 is 11.6 Å². The molecular formula is C17H17N3O. The molecule has 4 heteroatoms. The molecule has 0 aliphatic carbocycles. The summed E-state index contributed by atoms with van der Waals surface area (Å²) in [6.07, 6.45) is 2.00. The Morgan fingerprint density at radius 3 is 2.62 bits per heavy atom. The minimum Gasteiger partial charge on any atom is -0.497 e. The van der Waals surface area contributed by atoms with Crippen LogP contribution in [-0.4, -0.2) is 16.7 Å². The topological polar surface area (TPSA) is 39.1 Å². The van der Waals surface area contributed by atoms with Crippen molar-refractivity contribution in [3.05, 3.63) is 66.5 Å². The number of hydrogen-bond acceptors (Lipinski definition) is 3. The van der Waals surface area contributed by atoms with Crippen LogP contribution in [0.15, 0.2) is 60.8 Å². The Morgan fingerprint density at radius 2 is 1.86 bits per heavy atom. The van der Waals surface area contributed by atoms with Crippen molar-refractivity contribution in [2.45, 2.75) is 6.92 Å². The molecule has 1 heterocycles. The van der Waals surface area contributed by atoms with E-state index >= 15 is 0 Å². The van der Waals surface area contributed by atoms with Crippen LogP contribution in [0, 0.1) is 6.92 Å². The normalized spacial score (nSPS) is 10.4. The molecule has 0 atom stereocenters. The van der Waals surface area contributed by atoms with Crippen LogP contribution >= 0.6 is 0 Å². The van der Waals surface area contributed by atoms with E-state index in [9.17, 15) is 0 Å². The van der Waals surface area contributed by atoms with E-state index in [4.69, 9.17) is 4.74 Å². The number of aryl methyl sites for hydroxylation is 1. The van der Waals surface area contributed by atoms with Crippen LogP contribution in [-0.2, 0) is 0 Å². The van der Waals surface area contributed by atoms with Gasteiger partial charge in [0.15, 0.2) is 0 Å². The second kappa shape index (κ2) is 5.71. The molecule has 0 aliphatic heterocycles. The molecule has 2 aromatic carbocycles. The van der Waals surface area contributed by atoms with Crippen molar-refractivity contribution < 1.29 is 4.74 Å². The van der Waals surface area contributed by atoms with Crippen molar-refractivity contribution in [3.63, 3.8) is 0 Å². The van der Waals surface area contributed by atoms with Crippen LogP contribution in [0.25, 0.3) is 5.69 Å². The summed E-state index contributed by atoms with van der Waals surface area (Å²) in [5.41, 5.74) is 2.97. The van der Waals surface area contributed by atoms with Crippen molar-refractivity contribution in [3.8, 4) is 11.4 Å². The van der Waals surface area contributed by atoms with Crippen molar-refractivity contribution in [2.75, 3.05) is 12.4 Å². The van der Waals surface area contributed by atoms with E-state index in [0.717, 1.165) is 28.8 Å². The van der Waals surface area contributed by atoms with E-state index < -0.39 is 0 Å². The number of imidazole rings is 1. The molecule has 0 radical (unpaired) electrons. The summed E-state index contributed by atoms with van der Waals surface area (Å²) in [7, 11) is 1.67. The molecule has 0 saturated carbocycles. The van der Waals surface area contributed by atoms with E-state index in [-0.39, 0.29) is 0 Å². The minimum absolute atomic E-state index is 0.784. The highest BCUT2D eigenvalue weighted by Crippen LogP contribution is 2.23. The number of para-hydroxylation sites is 1. The second-order valence-electron chi connectivity index (χ2n) is 4.77. The van der Waals surface area contributed by atoms with Gasteiger partial charge in [0.2, 0.25) is 5.95 Å². The SMILES string of the molecule is COc1cccc(-n2cc(C)nc2Nc2ccccc2)c1. The first-order valence-corrected chi connectivity index (χ1v) is 6.79. The predicted molar refractivity (Wildman–Crippen MR) is 84.6 cm³/mol. The quantitative estimate of drug-likeness (QED) is 0.786. The number of anilines is 2. The summed E-state index contributed by atoms with van der Waals surface area (Å²) in [5.74, 6) is 1.61. The first kappa shape index (κ1) is 13.2. The van der Waals surface area contributed by atoms with Crippen molar-refractivity contribution in [1.82, 2.24) is 9.55 Å². The maximum Gasteiger partial charge on any atom is 0.212 e. The summed E-state index contributed by atoms with van der Waals surface area (Å²) >= 11 is 0. The van der Waals surface area contributed by atoms with E-state index in [2.05, 4.69) is 10.3 Å². The molecule has 4 nitrogen and oxygen atoms in total. The third-order valence-corrected chi connectivity index (χ3v) is 3.19. The third kappa shape index (κ3) is 2.89. The molecule has 1 N–H and O–H groups in total. The van der Waals surface area contributed by atoms with Gasteiger partial charge in [-0.15, -0.1) is 0 Å². The summed E-state index contributed by atoms with van der Waals surface area (Å²) in [4.78, 5) is 4.55. The lowest BCUT2D eigenvalue weighted by Gasteiger charge is -2.10. The van der Waals surface area contributed by atoms with Gasteiger partial charge in [-0.1, -0.05) is 24.3 Å². The number of nitrogens with one attached hydrogen (secondary N) is 1. The third-order valence-electron chi connectivity index (χ3n) is 3.19. The largest absolute Gasteiger partial charge is 0.497 e. The van der Waals surface area contributed by atoms with Gasteiger partial charge < -0.3 is 10.1 Å². The van der Waals surface area contributed by atoms with Gasteiger partial charge in [0, 0.05) is 18.0 Å². The number of ether oxygens (including phenoxy) is 1. The highest BCUT2D eigenvalue weighted by Gasteiger charge is 2.08. The smallest absolute Gasteiger partial charge is 0.212 e. The molecule has 106 valence electrons. The zero-order valence-electron chi connectivity index (χ0n) is 12.1. The van der Waals surface area contributed by atoms with Gasteiger partial charge in [-0.25, -0.2) is 4.98 Å². The standard InChI is InChI=1S/C17H17N3O/c1-13-12-20(15-9-6-10-16(11-15)21-2)17(18-13)19-14-7-4-3-5-8-14/h3-12H,1-2H3,(H,18,19). The van der Waals surface area contributed by atoms with Gasteiger partial charge in [0.1, 0.15) is 5.75 Å². The first-order chi connectivity index (χ1) is 10.3. The Bertz CT molecular complexity index is 735. The van der Waals surface area contributed by atoms with Crippen LogP contribution in [0.2, 0.25) is 0 Å². The number of hydrogen-bond donors (Lipinski definition) is 1. The van der Waals surface area contributed by atoms with Crippen LogP contribution in [0.1, 0.15) is 5.69 Å². The molecule has 1 aromatic heterocycles. The number of benzene rings is 2.